The molecule has 5 heteroatoms. The van der Waals surface area contributed by atoms with E-state index in [1.807, 2.05) is 36.2 Å². The zero-order valence-electron chi connectivity index (χ0n) is 12.0. The van der Waals surface area contributed by atoms with E-state index in [2.05, 4.69) is 11.8 Å². The normalized spacial score (nSPS) is 11.2. The molecule has 0 atom stereocenters. The topological polar surface area (TPSA) is 57.6 Å². The van der Waals surface area contributed by atoms with Crippen molar-refractivity contribution >= 4 is 9.84 Å². The zero-order chi connectivity index (χ0) is 15.0. The Kier molecular flexibility index (Phi) is 6.73. The summed E-state index contributed by atoms with van der Waals surface area (Å²) in [7, 11) is -1.04. The first-order valence-electron chi connectivity index (χ1n) is 6.46. The van der Waals surface area contributed by atoms with Crippen molar-refractivity contribution in [3.63, 3.8) is 0 Å². The van der Waals surface area contributed by atoms with Crippen LogP contribution in [-0.2, 0) is 16.4 Å². The van der Waals surface area contributed by atoms with Gasteiger partial charge in [0.05, 0.1) is 12.4 Å². The fourth-order valence-electron chi connectivity index (χ4n) is 1.69. The third-order valence-electron chi connectivity index (χ3n) is 2.76. The number of hydrogen-bond donors (Lipinski definition) is 1. The van der Waals surface area contributed by atoms with Gasteiger partial charge in [0.25, 0.3) is 0 Å². The molecule has 1 rings (SSSR count). The Morgan fingerprint density at radius 2 is 2.00 bits per heavy atom. The van der Waals surface area contributed by atoms with E-state index in [1.165, 1.54) is 6.26 Å². The quantitative estimate of drug-likeness (QED) is 0.792. The summed E-state index contributed by atoms with van der Waals surface area (Å²) >= 11 is 0. The zero-order valence-corrected chi connectivity index (χ0v) is 12.8. The van der Waals surface area contributed by atoms with Crippen molar-refractivity contribution in [2.24, 2.45) is 0 Å². The summed E-state index contributed by atoms with van der Waals surface area (Å²) in [4.78, 5) is 1.97. The number of aliphatic hydroxyl groups is 1. The van der Waals surface area contributed by atoms with E-state index in [0.717, 1.165) is 11.1 Å². The highest BCUT2D eigenvalue weighted by atomic mass is 32.2. The van der Waals surface area contributed by atoms with E-state index in [1.54, 1.807) is 0 Å². The minimum absolute atomic E-state index is 0.0590. The van der Waals surface area contributed by atoms with Crippen LogP contribution in [0.2, 0.25) is 0 Å². The molecule has 0 fully saturated rings. The fraction of sp³-hybridized carbons (Fsp3) is 0.467. The van der Waals surface area contributed by atoms with Crippen molar-refractivity contribution < 1.29 is 13.5 Å². The molecule has 4 nitrogen and oxygen atoms in total. The second-order valence-electron chi connectivity index (χ2n) is 4.80. The molecule has 0 aliphatic heterocycles. The van der Waals surface area contributed by atoms with Crippen LogP contribution in [0.25, 0.3) is 0 Å². The molecule has 0 radical (unpaired) electrons. The largest absolute Gasteiger partial charge is 0.395 e. The van der Waals surface area contributed by atoms with Crippen LogP contribution in [0.15, 0.2) is 24.3 Å². The van der Waals surface area contributed by atoms with Crippen molar-refractivity contribution in [1.82, 2.24) is 4.90 Å². The monoisotopic (exact) mass is 295 g/mol. The summed E-state index contributed by atoms with van der Waals surface area (Å²) in [5, 5.41) is 8.74. The number of rotatable bonds is 6. The minimum atomic E-state index is -2.94. The Labute approximate surface area is 121 Å². The lowest BCUT2D eigenvalue weighted by atomic mass is 10.1. The van der Waals surface area contributed by atoms with Crippen LogP contribution in [-0.4, -0.2) is 50.6 Å². The van der Waals surface area contributed by atoms with Gasteiger partial charge in [-0.3, -0.25) is 0 Å². The van der Waals surface area contributed by atoms with Crippen LogP contribution in [0.5, 0.6) is 0 Å². The van der Waals surface area contributed by atoms with Crippen molar-refractivity contribution in [3.8, 4) is 11.8 Å². The van der Waals surface area contributed by atoms with Gasteiger partial charge in [-0.15, -0.1) is 0 Å². The van der Waals surface area contributed by atoms with E-state index in [9.17, 15) is 8.42 Å². The molecule has 20 heavy (non-hydrogen) atoms. The van der Waals surface area contributed by atoms with Gasteiger partial charge in [-0.25, -0.2) is 8.42 Å². The number of hydrogen-bond acceptors (Lipinski definition) is 4. The fourth-order valence-corrected chi connectivity index (χ4v) is 2.33. The molecule has 0 aromatic heterocycles. The minimum Gasteiger partial charge on any atom is -0.395 e. The van der Waals surface area contributed by atoms with Crippen LogP contribution in [0.3, 0.4) is 0 Å². The van der Waals surface area contributed by atoms with E-state index < -0.39 is 9.84 Å². The summed E-state index contributed by atoms with van der Waals surface area (Å²) in [5.74, 6) is 6.10. The van der Waals surface area contributed by atoms with Crippen molar-refractivity contribution in [2.45, 2.75) is 13.0 Å². The Balaban J connectivity index is 2.70. The Bertz CT molecular complexity index is 585. The molecule has 1 aromatic rings. The van der Waals surface area contributed by atoms with Crippen molar-refractivity contribution in [3.05, 3.63) is 35.4 Å². The Morgan fingerprint density at radius 1 is 1.30 bits per heavy atom. The molecule has 0 amide bonds. The molecule has 1 aromatic carbocycles. The molecule has 1 N–H and O–H groups in total. The SMILES string of the molecule is CN(CCS(C)(=O)=O)Cc1ccccc1C#CCCO. The average molecular weight is 295 g/mol. The molecule has 0 unspecified atom stereocenters. The summed E-state index contributed by atoms with van der Waals surface area (Å²) in [6.07, 6.45) is 1.70. The first-order chi connectivity index (χ1) is 9.42. The number of benzene rings is 1. The number of aliphatic hydroxyl groups excluding tert-OH is 1. The lowest BCUT2D eigenvalue weighted by Crippen LogP contribution is -2.25. The first-order valence-corrected chi connectivity index (χ1v) is 8.52. The molecule has 0 saturated heterocycles. The average Bonchev–Trinajstić information content (AvgIpc) is 2.38. The summed E-state index contributed by atoms with van der Waals surface area (Å²) in [5.41, 5.74) is 1.99. The lowest BCUT2D eigenvalue weighted by Gasteiger charge is -2.17. The highest BCUT2D eigenvalue weighted by Gasteiger charge is 2.07. The third-order valence-corrected chi connectivity index (χ3v) is 3.69. The van der Waals surface area contributed by atoms with Gasteiger partial charge in [-0.1, -0.05) is 30.0 Å². The van der Waals surface area contributed by atoms with Gasteiger partial charge < -0.3 is 10.0 Å². The highest BCUT2D eigenvalue weighted by Crippen LogP contribution is 2.10. The highest BCUT2D eigenvalue weighted by molar-refractivity contribution is 7.90. The van der Waals surface area contributed by atoms with Crippen molar-refractivity contribution in [1.29, 1.82) is 0 Å². The molecule has 0 aliphatic carbocycles. The van der Waals surface area contributed by atoms with E-state index in [4.69, 9.17) is 5.11 Å². The molecule has 0 aliphatic rings. The van der Waals surface area contributed by atoms with Gasteiger partial charge in [0.1, 0.15) is 9.84 Å². The van der Waals surface area contributed by atoms with E-state index in [0.29, 0.717) is 19.5 Å². The summed E-state index contributed by atoms with van der Waals surface area (Å²) in [6, 6.07) is 7.78. The standard InChI is InChI=1S/C15H21NO3S/c1-16(10-12-20(2,18)19)13-15-9-4-3-7-14(15)8-5-6-11-17/h3-4,7,9,17H,6,10-13H2,1-2H3. The van der Waals surface area contributed by atoms with Gasteiger partial charge in [-0.05, 0) is 18.7 Å². The Morgan fingerprint density at radius 3 is 2.65 bits per heavy atom. The smallest absolute Gasteiger partial charge is 0.148 e. The van der Waals surface area contributed by atoms with Gasteiger partial charge in [-0.2, -0.15) is 0 Å². The lowest BCUT2D eigenvalue weighted by molar-refractivity contribution is 0.305. The van der Waals surface area contributed by atoms with E-state index in [-0.39, 0.29) is 12.4 Å². The third kappa shape index (κ3) is 6.71. The second kappa shape index (κ2) is 8.05. The molecule has 0 saturated carbocycles. The summed E-state index contributed by atoms with van der Waals surface area (Å²) in [6.45, 7) is 1.21. The maximum Gasteiger partial charge on any atom is 0.148 e. The number of sulfone groups is 1. The van der Waals surface area contributed by atoms with Crippen LogP contribution >= 0.6 is 0 Å². The van der Waals surface area contributed by atoms with Gasteiger partial charge >= 0.3 is 0 Å². The molecular formula is C15H21NO3S. The predicted octanol–water partition coefficient (Wildman–Crippen LogP) is 0.897. The number of nitrogens with zero attached hydrogens (tertiary/aromatic N) is 1. The summed E-state index contributed by atoms with van der Waals surface area (Å²) < 4.78 is 22.3. The van der Waals surface area contributed by atoms with Crippen LogP contribution in [0.4, 0.5) is 0 Å². The van der Waals surface area contributed by atoms with Crippen LogP contribution in [0, 0.1) is 11.8 Å². The molecular weight excluding hydrogens is 274 g/mol. The molecule has 0 heterocycles. The van der Waals surface area contributed by atoms with Crippen LogP contribution < -0.4 is 0 Å². The maximum absolute atomic E-state index is 11.2. The first kappa shape index (κ1) is 16.7. The van der Waals surface area contributed by atoms with Gasteiger partial charge in [0.15, 0.2) is 0 Å². The maximum atomic E-state index is 11.2. The molecule has 0 bridgehead atoms. The van der Waals surface area contributed by atoms with Crippen molar-refractivity contribution in [2.75, 3.05) is 32.2 Å². The molecule has 0 spiro atoms. The second-order valence-corrected chi connectivity index (χ2v) is 7.06. The van der Waals surface area contributed by atoms with Gasteiger partial charge in [0, 0.05) is 31.3 Å². The Hall–Kier alpha value is -1.35. The predicted molar refractivity (Wildman–Crippen MR) is 81.1 cm³/mol. The van der Waals surface area contributed by atoms with Crippen LogP contribution in [0.1, 0.15) is 17.5 Å². The van der Waals surface area contributed by atoms with E-state index >= 15 is 0 Å². The molecule has 110 valence electrons. The van der Waals surface area contributed by atoms with Gasteiger partial charge in [0.2, 0.25) is 0 Å².